The van der Waals surface area contributed by atoms with Crippen molar-refractivity contribution in [3.05, 3.63) is 0 Å². The van der Waals surface area contributed by atoms with Crippen LogP contribution in [0, 0.1) is 5.92 Å². The maximum Gasteiger partial charge on any atom is 0.0196 e. The molecule has 1 aliphatic carbocycles. The Bertz CT molecular complexity index is 219. The second-order valence-corrected chi connectivity index (χ2v) is 6.21. The molecule has 16 heavy (non-hydrogen) atoms. The fraction of sp³-hybridized carbons (Fsp3) is 1.00. The van der Waals surface area contributed by atoms with Crippen molar-refractivity contribution < 1.29 is 0 Å². The monoisotopic (exact) mass is 224 g/mol. The van der Waals surface area contributed by atoms with Crippen molar-refractivity contribution in [2.45, 2.75) is 70.4 Å². The Morgan fingerprint density at radius 1 is 1.06 bits per heavy atom. The van der Waals surface area contributed by atoms with E-state index in [1.165, 1.54) is 51.5 Å². The van der Waals surface area contributed by atoms with Crippen molar-refractivity contribution >= 4 is 0 Å². The van der Waals surface area contributed by atoms with Crippen LogP contribution >= 0.6 is 0 Å². The van der Waals surface area contributed by atoms with Crippen LogP contribution in [0.3, 0.4) is 0 Å². The SMILES string of the molecule is CC1(C)C(CN)CCCN1C1CCCCC1. The van der Waals surface area contributed by atoms with Gasteiger partial charge in [0, 0.05) is 11.6 Å². The van der Waals surface area contributed by atoms with Gasteiger partial charge in [-0.05, 0) is 58.5 Å². The van der Waals surface area contributed by atoms with E-state index in [0.29, 0.717) is 11.5 Å². The van der Waals surface area contributed by atoms with Gasteiger partial charge in [0.05, 0.1) is 0 Å². The molecule has 0 spiro atoms. The summed E-state index contributed by atoms with van der Waals surface area (Å²) in [6, 6.07) is 0.845. The molecule has 2 aliphatic rings. The Labute approximate surface area is 101 Å². The fourth-order valence-corrected chi connectivity index (χ4v) is 3.84. The molecule has 0 radical (unpaired) electrons. The molecule has 0 amide bonds. The van der Waals surface area contributed by atoms with Gasteiger partial charge in [0.1, 0.15) is 0 Å². The summed E-state index contributed by atoms with van der Waals surface area (Å²) < 4.78 is 0. The molecule has 1 atom stereocenters. The summed E-state index contributed by atoms with van der Waals surface area (Å²) in [5, 5.41) is 0. The maximum atomic E-state index is 5.94. The molecular weight excluding hydrogens is 196 g/mol. The zero-order valence-corrected chi connectivity index (χ0v) is 11.0. The molecular formula is C14H28N2. The smallest absolute Gasteiger partial charge is 0.0196 e. The van der Waals surface area contributed by atoms with Gasteiger partial charge in [0.2, 0.25) is 0 Å². The van der Waals surface area contributed by atoms with Crippen molar-refractivity contribution in [2.75, 3.05) is 13.1 Å². The van der Waals surface area contributed by atoms with E-state index in [1.807, 2.05) is 0 Å². The Kier molecular flexibility index (Phi) is 3.91. The molecule has 1 saturated heterocycles. The lowest BCUT2D eigenvalue weighted by Gasteiger charge is -2.52. The quantitative estimate of drug-likeness (QED) is 0.781. The lowest BCUT2D eigenvalue weighted by Crippen LogP contribution is -2.59. The summed E-state index contributed by atoms with van der Waals surface area (Å²) in [5.41, 5.74) is 6.27. The average molecular weight is 224 g/mol. The first-order valence-electron chi connectivity index (χ1n) is 7.13. The van der Waals surface area contributed by atoms with E-state index in [-0.39, 0.29) is 0 Å². The molecule has 0 aromatic carbocycles. The van der Waals surface area contributed by atoms with E-state index in [9.17, 15) is 0 Å². The van der Waals surface area contributed by atoms with E-state index in [4.69, 9.17) is 5.73 Å². The number of nitrogens with zero attached hydrogens (tertiary/aromatic N) is 1. The van der Waals surface area contributed by atoms with Crippen LogP contribution in [0.5, 0.6) is 0 Å². The molecule has 2 heteroatoms. The van der Waals surface area contributed by atoms with Crippen molar-refractivity contribution in [3.8, 4) is 0 Å². The van der Waals surface area contributed by atoms with Crippen LogP contribution in [0.25, 0.3) is 0 Å². The summed E-state index contributed by atoms with van der Waals surface area (Å²) in [7, 11) is 0. The summed E-state index contributed by atoms with van der Waals surface area (Å²) in [4.78, 5) is 2.78. The molecule has 0 aromatic heterocycles. The van der Waals surface area contributed by atoms with Crippen LogP contribution in [0.15, 0.2) is 0 Å². The minimum absolute atomic E-state index is 0.328. The first-order valence-corrected chi connectivity index (χ1v) is 7.13. The predicted octanol–water partition coefficient (Wildman–Crippen LogP) is 2.77. The summed E-state index contributed by atoms with van der Waals surface area (Å²) in [6.45, 7) is 6.99. The standard InChI is InChI=1S/C14H28N2/c1-14(2)12(11-15)7-6-10-16(14)13-8-4-3-5-9-13/h12-13H,3-11,15H2,1-2H3. The van der Waals surface area contributed by atoms with Crippen molar-refractivity contribution in [2.24, 2.45) is 11.7 Å². The molecule has 1 unspecified atom stereocenters. The van der Waals surface area contributed by atoms with E-state index in [2.05, 4.69) is 18.7 Å². The lowest BCUT2D eigenvalue weighted by atomic mass is 9.76. The predicted molar refractivity (Wildman–Crippen MR) is 69.4 cm³/mol. The van der Waals surface area contributed by atoms with Crippen LogP contribution in [-0.4, -0.2) is 29.6 Å². The van der Waals surface area contributed by atoms with Gasteiger partial charge >= 0.3 is 0 Å². The number of piperidine rings is 1. The lowest BCUT2D eigenvalue weighted by molar-refractivity contribution is -0.0205. The van der Waals surface area contributed by atoms with Gasteiger partial charge in [0.15, 0.2) is 0 Å². The highest BCUT2D eigenvalue weighted by molar-refractivity contribution is 4.96. The molecule has 0 aromatic rings. The topological polar surface area (TPSA) is 29.3 Å². The number of nitrogens with two attached hydrogens (primary N) is 1. The number of hydrogen-bond donors (Lipinski definition) is 1. The number of likely N-dealkylation sites (tertiary alicyclic amines) is 1. The summed E-state index contributed by atoms with van der Waals surface area (Å²) in [6.07, 6.45) is 9.83. The van der Waals surface area contributed by atoms with Crippen LogP contribution in [0.1, 0.15) is 58.8 Å². The van der Waals surface area contributed by atoms with Crippen molar-refractivity contribution in [1.29, 1.82) is 0 Å². The van der Waals surface area contributed by atoms with Crippen LogP contribution in [0.4, 0.5) is 0 Å². The van der Waals surface area contributed by atoms with Gasteiger partial charge in [-0.2, -0.15) is 0 Å². The van der Waals surface area contributed by atoms with Crippen LogP contribution < -0.4 is 5.73 Å². The summed E-state index contributed by atoms with van der Waals surface area (Å²) in [5.74, 6) is 0.697. The number of hydrogen-bond acceptors (Lipinski definition) is 2. The van der Waals surface area contributed by atoms with Crippen molar-refractivity contribution in [1.82, 2.24) is 4.90 Å². The van der Waals surface area contributed by atoms with E-state index in [0.717, 1.165) is 12.6 Å². The maximum absolute atomic E-state index is 5.94. The van der Waals surface area contributed by atoms with Crippen LogP contribution in [0.2, 0.25) is 0 Å². The molecule has 1 heterocycles. The third kappa shape index (κ3) is 2.28. The van der Waals surface area contributed by atoms with Gasteiger partial charge in [-0.1, -0.05) is 19.3 Å². The Morgan fingerprint density at radius 2 is 1.75 bits per heavy atom. The molecule has 1 aliphatic heterocycles. The largest absolute Gasteiger partial charge is 0.330 e. The third-order valence-corrected chi connectivity index (χ3v) is 4.99. The third-order valence-electron chi connectivity index (χ3n) is 4.99. The average Bonchev–Trinajstić information content (AvgIpc) is 2.29. The molecule has 2 fully saturated rings. The van der Waals surface area contributed by atoms with Crippen molar-refractivity contribution in [3.63, 3.8) is 0 Å². The molecule has 94 valence electrons. The van der Waals surface area contributed by atoms with Crippen LogP contribution in [-0.2, 0) is 0 Å². The zero-order valence-electron chi connectivity index (χ0n) is 11.0. The van der Waals surface area contributed by atoms with Gasteiger partial charge in [-0.15, -0.1) is 0 Å². The zero-order chi connectivity index (χ0) is 11.6. The van der Waals surface area contributed by atoms with E-state index < -0.39 is 0 Å². The normalized spacial score (nSPS) is 32.8. The van der Waals surface area contributed by atoms with Gasteiger partial charge in [-0.3, -0.25) is 4.90 Å². The Hall–Kier alpha value is -0.0800. The highest BCUT2D eigenvalue weighted by Crippen LogP contribution is 2.37. The highest BCUT2D eigenvalue weighted by Gasteiger charge is 2.40. The number of rotatable bonds is 2. The van der Waals surface area contributed by atoms with Gasteiger partial charge in [-0.25, -0.2) is 0 Å². The molecule has 2 nitrogen and oxygen atoms in total. The molecule has 1 saturated carbocycles. The first kappa shape index (κ1) is 12.4. The van der Waals surface area contributed by atoms with E-state index in [1.54, 1.807) is 0 Å². The summed E-state index contributed by atoms with van der Waals surface area (Å²) >= 11 is 0. The molecule has 0 bridgehead atoms. The molecule has 2 rings (SSSR count). The van der Waals surface area contributed by atoms with Gasteiger partial charge in [0.25, 0.3) is 0 Å². The second kappa shape index (κ2) is 5.05. The van der Waals surface area contributed by atoms with Gasteiger partial charge < -0.3 is 5.73 Å². The Balaban J connectivity index is 2.06. The first-order chi connectivity index (χ1) is 7.66. The minimum atomic E-state index is 0.328. The molecule has 2 N–H and O–H groups in total. The minimum Gasteiger partial charge on any atom is -0.330 e. The fourth-order valence-electron chi connectivity index (χ4n) is 3.84. The van der Waals surface area contributed by atoms with E-state index >= 15 is 0 Å². The second-order valence-electron chi connectivity index (χ2n) is 6.21. The Morgan fingerprint density at radius 3 is 2.38 bits per heavy atom. The highest BCUT2D eigenvalue weighted by atomic mass is 15.2.